The van der Waals surface area contributed by atoms with E-state index in [0.717, 1.165) is 0 Å². The molecule has 0 radical (unpaired) electrons. The van der Waals surface area contributed by atoms with Crippen LogP contribution in [0.15, 0.2) is 12.3 Å². The van der Waals surface area contributed by atoms with Crippen molar-refractivity contribution in [3.63, 3.8) is 0 Å². The third kappa shape index (κ3) is 5.89. The van der Waals surface area contributed by atoms with E-state index in [4.69, 9.17) is 10.5 Å². The number of anilines is 2. The maximum absolute atomic E-state index is 11.7. The van der Waals surface area contributed by atoms with Gasteiger partial charge in [-0.05, 0) is 26.8 Å². The second-order valence-corrected chi connectivity index (χ2v) is 5.13. The lowest BCUT2D eigenvalue weighted by Gasteiger charge is -2.24. The first-order valence-electron chi connectivity index (χ1n) is 6.04. The minimum absolute atomic E-state index is 0.213. The summed E-state index contributed by atoms with van der Waals surface area (Å²) in [6, 6.07) is 1.71. The highest BCUT2D eigenvalue weighted by atomic mass is 16.6. The summed E-state index contributed by atoms with van der Waals surface area (Å²) in [6.45, 7) is 6.55. The van der Waals surface area contributed by atoms with Gasteiger partial charge in [0.05, 0.1) is 0 Å². The fourth-order valence-electron chi connectivity index (χ4n) is 1.26. The Morgan fingerprint density at radius 2 is 2.21 bits per heavy atom. The second kappa shape index (κ2) is 6.21. The monoisotopic (exact) mass is 267 g/mol. The van der Waals surface area contributed by atoms with Crippen LogP contribution >= 0.6 is 0 Å². The number of nitrogens with zero attached hydrogens (tertiary/aromatic N) is 3. The molecule has 0 spiro atoms. The van der Waals surface area contributed by atoms with E-state index in [1.807, 2.05) is 20.8 Å². The number of hydrogen-bond donors (Lipinski definition) is 2. The Hall–Kier alpha value is -2.05. The Labute approximate surface area is 113 Å². The molecule has 0 aromatic carbocycles. The fraction of sp³-hybridized carbons (Fsp3) is 0.583. The highest BCUT2D eigenvalue weighted by Gasteiger charge is 2.19. The topological polar surface area (TPSA) is 93.4 Å². The first kappa shape index (κ1) is 15.0. The van der Waals surface area contributed by atoms with Gasteiger partial charge in [0, 0.05) is 26.3 Å². The predicted molar refractivity (Wildman–Crippen MR) is 73.8 cm³/mol. The average Bonchev–Trinajstić information content (AvgIpc) is 2.26. The van der Waals surface area contributed by atoms with Crippen LogP contribution in [0.3, 0.4) is 0 Å². The van der Waals surface area contributed by atoms with Crippen molar-refractivity contribution in [2.45, 2.75) is 26.4 Å². The van der Waals surface area contributed by atoms with Gasteiger partial charge in [0.15, 0.2) is 0 Å². The molecule has 1 heterocycles. The van der Waals surface area contributed by atoms with Gasteiger partial charge in [-0.25, -0.2) is 9.78 Å². The molecule has 7 heteroatoms. The molecule has 0 saturated carbocycles. The van der Waals surface area contributed by atoms with E-state index in [1.165, 1.54) is 4.90 Å². The zero-order valence-corrected chi connectivity index (χ0v) is 11.8. The standard InChI is InChI=1S/C12H21N5O2/c1-12(2,3)19-11(18)17(4)8-7-14-9-5-6-15-10(13)16-9/h5-6H,7-8H2,1-4H3,(H3,13,14,15,16). The van der Waals surface area contributed by atoms with Gasteiger partial charge in [0.25, 0.3) is 0 Å². The van der Waals surface area contributed by atoms with E-state index in [-0.39, 0.29) is 12.0 Å². The Morgan fingerprint density at radius 1 is 1.53 bits per heavy atom. The Bertz CT molecular complexity index is 430. The van der Waals surface area contributed by atoms with Crippen molar-refractivity contribution in [2.24, 2.45) is 0 Å². The molecule has 0 fully saturated rings. The lowest BCUT2D eigenvalue weighted by atomic mass is 10.2. The third-order valence-corrected chi connectivity index (χ3v) is 2.13. The molecule has 3 N–H and O–H groups in total. The molecule has 0 aliphatic heterocycles. The molecule has 0 unspecified atom stereocenters. The van der Waals surface area contributed by atoms with Gasteiger partial charge in [-0.3, -0.25) is 0 Å². The number of nitrogen functional groups attached to an aromatic ring is 1. The van der Waals surface area contributed by atoms with E-state index >= 15 is 0 Å². The number of nitrogens with two attached hydrogens (primary N) is 1. The molecule has 7 nitrogen and oxygen atoms in total. The number of amides is 1. The number of hydrogen-bond acceptors (Lipinski definition) is 6. The summed E-state index contributed by atoms with van der Waals surface area (Å²) in [5.74, 6) is 0.843. The number of aromatic nitrogens is 2. The van der Waals surface area contributed by atoms with Gasteiger partial charge < -0.3 is 20.7 Å². The molecule has 19 heavy (non-hydrogen) atoms. The molecule has 0 aliphatic rings. The number of ether oxygens (including phenoxy) is 1. The first-order valence-corrected chi connectivity index (χ1v) is 6.04. The van der Waals surface area contributed by atoms with Crippen LogP contribution in [0.25, 0.3) is 0 Å². The van der Waals surface area contributed by atoms with Gasteiger partial charge in [-0.1, -0.05) is 0 Å². The lowest BCUT2D eigenvalue weighted by molar-refractivity contribution is 0.0305. The second-order valence-electron chi connectivity index (χ2n) is 5.13. The van der Waals surface area contributed by atoms with Gasteiger partial charge in [0.1, 0.15) is 11.4 Å². The Morgan fingerprint density at radius 3 is 2.79 bits per heavy atom. The van der Waals surface area contributed by atoms with Gasteiger partial charge in [-0.15, -0.1) is 0 Å². The summed E-state index contributed by atoms with van der Waals surface area (Å²) < 4.78 is 5.23. The Kier molecular flexibility index (Phi) is 4.91. The molecule has 0 saturated heterocycles. The molecule has 0 bridgehead atoms. The molecule has 1 aromatic rings. The normalized spacial score (nSPS) is 10.9. The summed E-state index contributed by atoms with van der Waals surface area (Å²) in [5.41, 5.74) is 4.97. The van der Waals surface area contributed by atoms with Crippen LogP contribution in [-0.4, -0.2) is 46.7 Å². The fourth-order valence-corrected chi connectivity index (χ4v) is 1.26. The van der Waals surface area contributed by atoms with E-state index in [2.05, 4.69) is 15.3 Å². The van der Waals surface area contributed by atoms with Gasteiger partial charge in [0.2, 0.25) is 5.95 Å². The van der Waals surface area contributed by atoms with Crippen molar-refractivity contribution < 1.29 is 9.53 Å². The van der Waals surface area contributed by atoms with Crippen LogP contribution in [0, 0.1) is 0 Å². The summed E-state index contributed by atoms with van der Waals surface area (Å²) in [5, 5.41) is 3.05. The average molecular weight is 267 g/mol. The van der Waals surface area contributed by atoms with Crippen LogP contribution in [0.2, 0.25) is 0 Å². The molecule has 1 rings (SSSR count). The lowest BCUT2D eigenvalue weighted by Crippen LogP contribution is -2.36. The predicted octanol–water partition coefficient (Wildman–Crippen LogP) is 1.34. The van der Waals surface area contributed by atoms with Gasteiger partial charge in [-0.2, -0.15) is 4.98 Å². The van der Waals surface area contributed by atoms with E-state index in [9.17, 15) is 4.79 Å². The molecular formula is C12H21N5O2. The van der Waals surface area contributed by atoms with E-state index < -0.39 is 5.60 Å². The molecule has 1 amide bonds. The maximum atomic E-state index is 11.7. The summed E-state index contributed by atoms with van der Waals surface area (Å²) >= 11 is 0. The summed E-state index contributed by atoms with van der Waals surface area (Å²) in [7, 11) is 1.68. The minimum atomic E-state index is -0.486. The largest absolute Gasteiger partial charge is 0.444 e. The molecule has 1 aromatic heterocycles. The minimum Gasteiger partial charge on any atom is -0.444 e. The van der Waals surface area contributed by atoms with Crippen LogP contribution in [0.1, 0.15) is 20.8 Å². The molecule has 106 valence electrons. The zero-order valence-electron chi connectivity index (χ0n) is 11.8. The van der Waals surface area contributed by atoms with Gasteiger partial charge >= 0.3 is 6.09 Å². The first-order chi connectivity index (χ1) is 8.78. The summed E-state index contributed by atoms with van der Waals surface area (Å²) in [4.78, 5) is 21.0. The molecule has 0 aliphatic carbocycles. The van der Waals surface area contributed by atoms with Crippen molar-refractivity contribution in [3.05, 3.63) is 12.3 Å². The van der Waals surface area contributed by atoms with Crippen molar-refractivity contribution in [1.29, 1.82) is 0 Å². The van der Waals surface area contributed by atoms with E-state index in [1.54, 1.807) is 19.3 Å². The van der Waals surface area contributed by atoms with E-state index in [0.29, 0.717) is 18.9 Å². The zero-order chi connectivity index (χ0) is 14.5. The van der Waals surface area contributed by atoms with Crippen LogP contribution < -0.4 is 11.1 Å². The number of likely N-dealkylation sites (N-methyl/N-ethyl adjacent to an activating group) is 1. The van der Waals surface area contributed by atoms with Crippen LogP contribution in [0.5, 0.6) is 0 Å². The van der Waals surface area contributed by atoms with Crippen molar-refractivity contribution in [2.75, 3.05) is 31.2 Å². The van der Waals surface area contributed by atoms with Crippen molar-refractivity contribution in [1.82, 2.24) is 14.9 Å². The smallest absolute Gasteiger partial charge is 0.410 e. The van der Waals surface area contributed by atoms with Crippen molar-refractivity contribution >= 4 is 17.9 Å². The molecular weight excluding hydrogens is 246 g/mol. The number of rotatable bonds is 4. The number of carbonyl (C=O) groups is 1. The van der Waals surface area contributed by atoms with Crippen molar-refractivity contribution in [3.8, 4) is 0 Å². The summed E-state index contributed by atoms with van der Waals surface area (Å²) in [6.07, 6.45) is 1.22. The Balaban J connectivity index is 2.34. The quantitative estimate of drug-likeness (QED) is 0.855. The molecule has 0 atom stereocenters. The number of nitrogens with one attached hydrogen (secondary N) is 1. The number of carbonyl (C=O) groups excluding carboxylic acids is 1. The van der Waals surface area contributed by atoms with Crippen LogP contribution in [0.4, 0.5) is 16.6 Å². The third-order valence-electron chi connectivity index (χ3n) is 2.13. The highest BCUT2D eigenvalue weighted by Crippen LogP contribution is 2.09. The maximum Gasteiger partial charge on any atom is 0.410 e. The van der Waals surface area contributed by atoms with Crippen LogP contribution in [-0.2, 0) is 4.74 Å². The SMILES string of the molecule is CN(CCNc1ccnc(N)n1)C(=O)OC(C)(C)C. The highest BCUT2D eigenvalue weighted by molar-refractivity contribution is 5.67.